The minimum Gasteiger partial charge on any atom is -0.344 e. The van der Waals surface area contributed by atoms with Gasteiger partial charge in [0.2, 0.25) is 5.13 Å². The standard InChI is InChI=1S/C13H25N5S/c1-3-4-12-15-13(19-16-12)18-7-5-17(6-8-18)10-11(2)9-14/h11H,3-10,14H2,1-2H3. The molecule has 2 N–H and O–H groups in total. The summed E-state index contributed by atoms with van der Waals surface area (Å²) in [4.78, 5) is 9.48. The topological polar surface area (TPSA) is 58.3 Å². The lowest BCUT2D eigenvalue weighted by Gasteiger charge is -2.35. The van der Waals surface area contributed by atoms with E-state index in [4.69, 9.17) is 5.73 Å². The average molecular weight is 283 g/mol. The van der Waals surface area contributed by atoms with Crippen LogP contribution < -0.4 is 10.6 Å². The molecule has 0 aliphatic carbocycles. The predicted octanol–water partition coefficient (Wildman–Crippen LogP) is 1.21. The Bertz CT molecular complexity index is 373. The Kier molecular flexibility index (Phi) is 5.54. The maximum atomic E-state index is 5.69. The van der Waals surface area contributed by atoms with E-state index in [1.807, 2.05) is 0 Å². The number of hydrogen-bond acceptors (Lipinski definition) is 6. The van der Waals surface area contributed by atoms with Crippen LogP contribution in [0.4, 0.5) is 5.13 Å². The summed E-state index contributed by atoms with van der Waals surface area (Å²) in [6.07, 6.45) is 2.10. The third-order valence-electron chi connectivity index (χ3n) is 3.55. The third kappa shape index (κ3) is 4.12. The number of anilines is 1. The highest BCUT2D eigenvalue weighted by molar-refractivity contribution is 7.09. The van der Waals surface area contributed by atoms with Gasteiger partial charge in [-0.05, 0) is 18.9 Å². The number of rotatable bonds is 6. The Hall–Kier alpha value is -0.720. The lowest BCUT2D eigenvalue weighted by molar-refractivity contribution is 0.227. The van der Waals surface area contributed by atoms with Gasteiger partial charge in [-0.3, -0.25) is 4.90 Å². The summed E-state index contributed by atoms with van der Waals surface area (Å²) in [5.41, 5.74) is 5.69. The number of nitrogens with two attached hydrogens (primary N) is 1. The lowest BCUT2D eigenvalue weighted by atomic mass is 10.1. The van der Waals surface area contributed by atoms with Crippen molar-refractivity contribution in [3.8, 4) is 0 Å². The largest absolute Gasteiger partial charge is 0.344 e. The highest BCUT2D eigenvalue weighted by Gasteiger charge is 2.20. The Morgan fingerprint density at radius 1 is 1.32 bits per heavy atom. The van der Waals surface area contributed by atoms with Gasteiger partial charge in [-0.2, -0.15) is 4.37 Å². The summed E-state index contributed by atoms with van der Waals surface area (Å²) in [5.74, 6) is 1.59. The molecule has 1 aromatic rings. The molecule has 19 heavy (non-hydrogen) atoms. The molecule has 1 aromatic heterocycles. The predicted molar refractivity (Wildman–Crippen MR) is 80.8 cm³/mol. The fraction of sp³-hybridized carbons (Fsp3) is 0.846. The summed E-state index contributed by atoms with van der Waals surface area (Å²) in [7, 11) is 0. The molecule has 1 aliphatic heterocycles. The van der Waals surface area contributed by atoms with Crippen molar-refractivity contribution in [1.29, 1.82) is 0 Å². The minimum absolute atomic E-state index is 0.587. The van der Waals surface area contributed by atoms with Gasteiger partial charge in [-0.25, -0.2) is 4.98 Å². The summed E-state index contributed by atoms with van der Waals surface area (Å²) in [6, 6.07) is 0. The smallest absolute Gasteiger partial charge is 0.205 e. The summed E-state index contributed by atoms with van der Waals surface area (Å²) < 4.78 is 4.42. The maximum Gasteiger partial charge on any atom is 0.205 e. The molecule has 2 heterocycles. The SMILES string of the molecule is CCCc1nsc(N2CCN(CC(C)CN)CC2)n1. The molecule has 1 atom stereocenters. The van der Waals surface area contributed by atoms with Crippen molar-refractivity contribution >= 4 is 16.7 Å². The van der Waals surface area contributed by atoms with Gasteiger partial charge in [0.15, 0.2) is 0 Å². The molecule has 5 nitrogen and oxygen atoms in total. The molecule has 0 radical (unpaired) electrons. The van der Waals surface area contributed by atoms with E-state index in [-0.39, 0.29) is 0 Å². The van der Waals surface area contributed by atoms with E-state index in [9.17, 15) is 0 Å². The fourth-order valence-corrected chi connectivity index (χ4v) is 3.10. The van der Waals surface area contributed by atoms with E-state index in [2.05, 4.69) is 33.0 Å². The third-order valence-corrected chi connectivity index (χ3v) is 4.36. The molecule has 1 aliphatic rings. The first-order valence-corrected chi connectivity index (χ1v) is 8.00. The number of aryl methyl sites for hydroxylation is 1. The van der Waals surface area contributed by atoms with Crippen LogP contribution in [-0.4, -0.2) is 53.5 Å². The van der Waals surface area contributed by atoms with Crippen LogP contribution in [0, 0.1) is 5.92 Å². The zero-order valence-corrected chi connectivity index (χ0v) is 12.8. The minimum atomic E-state index is 0.587. The Morgan fingerprint density at radius 3 is 2.68 bits per heavy atom. The second-order valence-corrected chi connectivity index (χ2v) is 6.10. The molecule has 108 valence electrons. The number of hydrogen-bond donors (Lipinski definition) is 1. The van der Waals surface area contributed by atoms with Gasteiger partial charge in [0.25, 0.3) is 0 Å². The molecule has 0 aromatic carbocycles. The van der Waals surface area contributed by atoms with E-state index in [0.29, 0.717) is 5.92 Å². The van der Waals surface area contributed by atoms with Gasteiger partial charge in [0.1, 0.15) is 5.82 Å². The van der Waals surface area contributed by atoms with Crippen molar-refractivity contribution in [3.63, 3.8) is 0 Å². The summed E-state index contributed by atoms with van der Waals surface area (Å²) >= 11 is 1.54. The molecule has 2 rings (SSSR count). The van der Waals surface area contributed by atoms with Crippen LogP contribution in [0.5, 0.6) is 0 Å². The van der Waals surface area contributed by atoms with Crippen LogP contribution in [0.1, 0.15) is 26.1 Å². The Balaban J connectivity index is 1.81. The van der Waals surface area contributed by atoms with Crippen molar-refractivity contribution in [1.82, 2.24) is 14.3 Å². The second kappa shape index (κ2) is 7.17. The summed E-state index contributed by atoms with van der Waals surface area (Å²) in [6.45, 7) is 10.6. The Morgan fingerprint density at radius 2 is 2.05 bits per heavy atom. The molecule has 0 saturated carbocycles. The van der Waals surface area contributed by atoms with Crippen LogP contribution in [0.2, 0.25) is 0 Å². The lowest BCUT2D eigenvalue weighted by Crippen LogP contribution is -2.48. The van der Waals surface area contributed by atoms with E-state index in [1.54, 1.807) is 11.5 Å². The highest BCUT2D eigenvalue weighted by Crippen LogP contribution is 2.19. The van der Waals surface area contributed by atoms with E-state index in [0.717, 1.165) is 63.1 Å². The second-order valence-electron chi connectivity index (χ2n) is 5.37. The van der Waals surface area contributed by atoms with Crippen molar-refractivity contribution in [2.45, 2.75) is 26.7 Å². The molecular weight excluding hydrogens is 258 g/mol. The molecule has 0 spiro atoms. The average Bonchev–Trinajstić information content (AvgIpc) is 2.88. The van der Waals surface area contributed by atoms with Crippen LogP contribution in [0.3, 0.4) is 0 Å². The maximum absolute atomic E-state index is 5.69. The summed E-state index contributed by atoms with van der Waals surface area (Å²) in [5, 5.41) is 1.09. The molecule has 1 unspecified atom stereocenters. The van der Waals surface area contributed by atoms with E-state index < -0.39 is 0 Å². The van der Waals surface area contributed by atoms with Gasteiger partial charge < -0.3 is 10.6 Å². The van der Waals surface area contributed by atoms with Crippen molar-refractivity contribution in [3.05, 3.63) is 5.82 Å². The van der Waals surface area contributed by atoms with E-state index in [1.165, 1.54) is 0 Å². The van der Waals surface area contributed by atoms with Gasteiger partial charge in [0.05, 0.1) is 0 Å². The van der Waals surface area contributed by atoms with Gasteiger partial charge in [-0.1, -0.05) is 13.8 Å². The van der Waals surface area contributed by atoms with Crippen LogP contribution in [-0.2, 0) is 6.42 Å². The molecular formula is C13H25N5S. The molecule has 0 amide bonds. The fourth-order valence-electron chi connectivity index (χ4n) is 2.34. The monoisotopic (exact) mass is 283 g/mol. The van der Waals surface area contributed by atoms with Crippen LogP contribution in [0.25, 0.3) is 0 Å². The van der Waals surface area contributed by atoms with Gasteiger partial charge >= 0.3 is 0 Å². The van der Waals surface area contributed by atoms with Crippen molar-refractivity contribution < 1.29 is 0 Å². The zero-order valence-electron chi connectivity index (χ0n) is 12.0. The van der Waals surface area contributed by atoms with Gasteiger partial charge in [0, 0.05) is 50.7 Å². The normalized spacial score (nSPS) is 18.8. The first kappa shape index (κ1) is 14.7. The van der Waals surface area contributed by atoms with Crippen molar-refractivity contribution in [2.75, 3.05) is 44.2 Å². The zero-order chi connectivity index (χ0) is 13.7. The van der Waals surface area contributed by atoms with Gasteiger partial charge in [-0.15, -0.1) is 0 Å². The molecule has 6 heteroatoms. The first-order valence-electron chi connectivity index (χ1n) is 7.23. The first-order chi connectivity index (χ1) is 9.22. The molecule has 0 bridgehead atoms. The quantitative estimate of drug-likeness (QED) is 0.850. The Labute approximate surface area is 120 Å². The van der Waals surface area contributed by atoms with Crippen LogP contribution in [0.15, 0.2) is 0 Å². The molecule has 1 saturated heterocycles. The molecule has 1 fully saturated rings. The number of aromatic nitrogens is 2. The number of nitrogens with zero attached hydrogens (tertiary/aromatic N) is 4. The number of piperazine rings is 1. The van der Waals surface area contributed by atoms with Crippen LogP contribution >= 0.6 is 11.5 Å². The van der Waals surface area contributed by atoms with Crippen molar-refractivity contribution in [2.24, 2.45) is 11.7 Å². The van der Waals surface area contributed by atoms with E-state index >= 15 is 0 Å². The highest BCUT2D eigenvalue weighted by atomic mass is 32.1.